The van der Waals surface area contributed by atoms with Gasteiger partial charge in [-0.3, -0.25) is 4.79 Å². The van der Waals surface area contributed by atoms with E-state index in [1.165, 1.54) is 0 Å². The van der Waals surface area contributed by atoms with Gasteiger partial charge >= 0.3 is 5.97 Å². The molecule has 1 aromatic heterocycles. The molecule has 1 heterocycles. The Hall–Kier alpha value is -0.980. The quantitative estimate of drug-likeness (QED) is 0.712. The molecule has 4 N–H and O–H groups in total. The Kier molecular flexibility index (Phi) is 4.40. The average Bonchev–Trinajstić information content (AvgIpc) is 2.53. The Morgan fingerprint density at radius 2 is 2.25 bits per heavy atom. The van der Waals surface area contributed by atoms with Crippen LogP contribution in [-0.4, -0.2) is 28.6 Å². The number of carbonyl (C=O) groups is 1. The van der Waals surface area contributed by atoms with E-state index in [-0.39, 0.29) is 12.6 Å². The number of nitrogens with one attached hydrogen (secondary N) is 1. The van der Waals surface area contributed by atoms with Gasteiger partial charge in [-0.2, -0.15) is 0 Å². The van der Waals surface area contributed by atoms with Gasteiger partial charge in [0.05, 0.1) is 10.7 Å². The second-order valence-corrected chi connectivity index (χ2v) is 4.99. The van der Waals surface area contributed by atoms with Crippen molar-refractivity contribution in [1.29, 1.82) is 0 Å². The summed E-state index contributed by atoms with van der Waals surface area (Å²) in [6.07, 6.45) is 0. The molecule has 0 aromatic carbocycles. The summed E-state index contributed by atoms with van der Waals surface area (Å²) >= 11 is 1.62. The topological polar surface area (TPSA) is 88.2 Å². The largest absolute Gasteiger partial charge is 0.480 e. The first-order valence-corrected chi connectivity index (χ1v) is 5.89. The summed E-state index contributed by atoms with van der Waals surface area (Å²) in [5.41, 5.74) is 6.40. The van der Waals surface area contributed by atoms with Crippen LogP contribution < -0.4 is 11.1 Å². The van der Waals surface area contributed by atoms with Gasteiger partial charge in [0.2, 0.25) is 0 Å². The molecule has 2 atom stereocenters. The first-order valence-electron chi connectivity index (χ1n) is 5.07. The summed E-state index contributed by atoms with van der Waals surface area (Å²) < 4.78 is 0. The maximum Gasteiger partial charge on any atom is 0.321 e. The lowest BCUT2D eigenvalue weighted by Gasteiger charge is -2.14. The molecule has 90 valence electrons. The third kappa shape index (κ3) is 3.26. The zero-order valence-corrected chi connectivity index (χ0v) is 10.5. The SMILES string of the molecule is Cc1nc(C)c(C(C)NCC(N)C(=O)O)s1. The van der Waals surface area contributed by atoms with Crippen molar-refractivity contribution in [3.05, 3.63) is 15.6 Å². The number of aliphatic carboxylic acids is 1. The standard InChI is InChI=1S/C10H17N3O2S/c1-5(12-4-8(11)10(14)15)9-6(2)13-7(3)16-9/h5,8,12H,4,11H2,1-3H3,(H,14,15). The van der Waals surface area contributed by atoms with Crippen LogP contribution in [0.1, 0.15) is 28.5 Å². The molecular formula is C10H17N3O2S. The summed E-state index contributed by atoms with van der Waals surface area (Å²) in [7, 11) is 0. The van der Waals surface area contributed by atoms with Crippen LogP contribution in [-0.2, 0) is 4.79 Å². The molecule has 0 fully saturated rings. The summed E-state index contributed by atoms with van der Waals surface area (Å²) in [5, 5.41) is 12.8. The molecule has 0 bridgehead atoms. The van der Waals surface area contributed by atoms with Crippen molar-refractivity contribution >= 4 is 17.3 Å². The van der Waals surface area contributed by atoms with Gasteiger partial charge in [-0.1, -0.05) is 0 Å². The van der Waals surface area contributed by atoms with E-state index in [1.807, 2.05) is 20.8 Å². The summed E-state index contributed by atoms with van der Waals surface area (Å²) in [4.78, 5) is 16.0. The van der Waals surface area contributed by atoms with E-state index in [2.05, 4.69) is 10.3 Å². The van der Waals surface area contributed by atoms with Crippen molar-refractivity contribution in [3.63, 3.8) is 0 Å². The fourth-order valence-corrected chi connectivity index (χ4v) is 2.39. The predicted octanol–water partition coefficient (Wildman–Crippen LogP) is 0.822. The minimum atomic E-state index is -0.989. The first-order chi connectivity index (χ1) is 7.41. The highest BCUT2D eigenvalue weighted by Crippen LogP contribution is 2.24. The van der Waals surface area contributed by atoms with Gasteiger partial charge in [0.1, 0.15) is 6.04 Å². The van der Waals surface area contributed by atoms with Crippen LogP contribution in [0.25, 0.3) is 0 Å². The fraction of sp³-hybridized carbons (Fsp3) is 0.600. The van der Waals surface area contributed by atoms with Crippen molar-refractivity contribution in [1.82, 2.24) is 10.3 Å². The number of thiazole rings is 1. The minimum Gasteiger partial charge on any atom is -0.480 e. The van der Waals surface area contributed by atoms with Crippen molar-refractivity contribution < 1.29 is 9.90 Å². The van der Waals surface area contributed by atoms with E-state index >= 15 is 0 Å². The Morgan fingerprint density at radius 1 is 1.62 bits per heavy atom. The van der Waals surface area contributed by atoms with Crippen molar-refractivity contribution in [3.8, 4) is 0 Å². The predicted molar refractivity (Wildman–Crippen MR) is 63.6 cm³/mol. The van der Waals surface area contributed by atoms with Gasteiger partial charge < -0.3 is 16.2 Å². The number of carboxylic acid groups (broad SMARTS) is 1. The lowest BCUT2D eigenvalue weighted by atomic mass is 10.2. The minimum absolute atomic E-state index is 0.0802. The average molecular weight is 243 g/mol. The Morgan fingerprint density at radius 3 is 2.69 bits per heavy atom. The van der Waals surface area contributed by atoms with Crippen LogP contribution in [0.5, 0.6) is 0 Å². The van der Waals surface area contributed by atoms with Crippen LogP contribution in [0.3, 0.4) is 0 Å². The Bertz CT molecular complexity index is 378. The molecule has 16 heavy (non-hydrogen) atoms. The normalized spacial score (nSPS) is 14.8. The number of hydrogen-bond acceptors (Lipinski definition) is 5. The summed E-state index contributed by atoms with van der Waals surface area (Å²) in [5.74, 6) is -0.989. The number of aryl methyl sites for hydroxylation is 2. The summed E-state index contributed by atoms with van der Waals surface area (Å²) in [6, 6.07) is -0.784. The molecule has 0 aliphatic heterocycles. The highest BCUT2D eigenvalue weighted by atomic mass is 32.1. The second-order valence-electron chi connectivity index (χ2n) is 3.76. The molecule has 0 aliphatic rings. The van der Waals surface area contributed by atoms with Crippen LogP contribution in [0.4, 0.5) is 0 Å². The molecule has 0 aliphatic carbocycles. The number of aromatic nitrogens is 1. The molecule has 6 heteroatoms. The van der Waals surface area contributed by atoms with Crippen LogP contribution in [0.15, 0.2) is 0 Å². The number of nitrogens with two attached hydrogens (primary N) is 1. The van der Waals surface area contributed by atoms with Crippen molar-refractivity contribution in [2.24, 2.45) is 5.73 Å². The Balaban J connectivity index is 2.56. The molecule has 1 rings (SSSR count). The third-order valence-electron chi connectivity index (χ3n) is 2.29. The molecule has 0 saturated carbocycles. The monoisotopic (exact) mass is 243 g/mol. The molecule has 0 radical (unpaired) electrons. The number of rotatable bonds is 5. The van der Waals surface area contributed by atoms with Crippen LogP contribution >= 0.6 is 11.3 Å². The second kappa shape index (κ2) is 5.38. The highest BCUT2D eigenvalue weighted by Gasteiger charge is 2.16. The van der Waals surface area contributed by atoms with E-state index in [1.54, 1.807) is 11.3 Å². The molecule has 0 spiro atoms. The lowest BCUT2D eigenvalue weighted by Crippen LogP contribution is -2.41. The van der Waals surface area contributed by atoms with E-state index in [0.29, 0.717) is 0 Å². The van der Waals surface area contributed by atoms with Crippen LogP contribution in [0.2, 0.25) is 0 Å². The molecule has 0 amide bonds. The van der Waals surface area contributed by atoms with Crippen molar-refractivity contribution in [2.75, 3.05) is 6.54 Å². The smallest absolute Gasteiger partial charge is 0.321 e. The van der Waals surface area contributed by atoms with E-state index in [4.69, 9.17) is 10.8 Å². The number of nitrogens with zero attached hydrogens (tertiary/aromatic N) is 1. The Labute approximate surface area is 98.7 Å². The zero-order valence-electron chi connectivity index (χ0n) is 9.65. The van der Waals surface area contributed by atoms with Gasteiger partial charge in [0.15, 0.2) is 0 Å². The number of carboxylic acids is 1. The fourth-order valence-electron chi connectivity index (χ4n) is 1.43. The molecular weight excluding hydrogens is 226 g/mol. The zero-order chi connectivity index (χ0) is 12.3. The molecule has 0 saturated heterocycles. The van der Waals surface area contributed by atoms with Crippen molar-refractivity contribution in [2.45, 2.75) is 32.9 Å². The maximum atomic E-state index is 10.5. The third-order valence-corrected chi connectivity index (χ3v) is 3.55. The molecule has 2 unspecified atom stereocenters. The van der Waals surface area contributed by atoms with Gasteiger partial charge in [0.25, 0.3) is 0 Å². The van der Waals surface area contributed by atoms with Gasteiger partial charge in [-0.05, 0) is 20.8 Å². The van der Waals surface area contributed by atoms with Crippen LogP contribution in [0, 0.1) is 13.8 Å². The molecule has 5 nitrogen and oxygen atoms in total. The maximum absolute atomic E-state index is 10.5. The first kappa shape index (κ1) is 13.1. The van der Waals surface area contributed by atoms with E-state index < -0.39 is 12.0 Å². The highest BCUT2D eigenvalue weighted by molar-refractivity contribution is 7.11. The van der Waals surface area contributed by atoms with E-state index in [0.717, 1.165) is 15.6 Å². The van der Waals surface area contributed by atoms with E-state index in [9.17, 15) is 4.79 Å². The van der Waals surface area contributed by atoms with Gasteiger partial charge in [0, 0.05) is 17.5 Å². The summed E-state index contributed by atoms with van der Waals surface area (Å²) in [6.45, 7) is 6.15. The lowest BCUT2D eigenvalue weighted by molar-refractivity contribution is -0.138. The van der Waals surface area contributed by atoms with Gasteiger partial charge in [-0.25, -0.2) is 4.98 Å². The van der Waals surface area contributed by atoms with Gasteiger partial charge in [-0.15, -0.1) is 11.3 Å². The molecule has 1 aromatic rings. The number of hydrogen-bond donors (Lipinski definition) is 3.